The van der Waals surface area contributed by atoms with Crippen molar-refractivity contribution in [3.05, 3.63) is 83.1 Å². The molecule has 10 heteroatoms. The quantitative estimate of drug-likeness (QED) is 0.194. The van der Waals surface area contributed by atoms with E-state index in [9.17, 15) is 13.6 Å². The number of halogens is 3. The second-order valence-electron chi connectivity index (χ2n) is 6.47. The Morgan fingerprint density at radius 2 is 1.78 bits per heavy atom. The molecule has 4 rings (SSSR count). The van der Waals surface area contributed by atoms with Gasteiger partial charge in [0.25, 0.3) is 5.76 Å². The first kappa shape index (κ1) is 22.6. The average molecular weight is 533 g/mol. The first-order valence-electron chi connectivity index (χ1n) is 9.34. The van der Waals surface area contributed by atoms with Crippen LogP contribution in [0.3, 0.4) is 0 Å². The topological polar surface area (TPSA) is 60.7 Å². The number of rotatable bonds is 8. The molecule has 5 nitrogen and oxygen atoms in total. The third-order valence-electron chi connectivity index (χ3n) is 4.37. The second kappa shape index (κ2) is 10.4. The largest absolute Gasteiger partial charge is 0.293 e. The van der Waals surface area contributed by atoms with Gasteiger partial charge in [-0.15, -0.1) is 10.2 Å². The number of ketones is 1. The molecule has 0 unspecified atom stereocenters. The van der Waals surface area contributed by atoms with Crippen molar-refractivity contribution in [2.45, 2.75) is 15.8 Å². The summed E-state index contributed by atoms with van der Waals surface area (Å²) in [5.74, 6) is -1.81. The van der Waals surface area contributed by atoms with Gasteiger partial charge in [0.1, 0.15) is 0 Å². The van der Waals surface area contributed by atoms with Crippen molar-refractivity contribution in [3.63, 3.8) is 0 Å². The summed E-state index contributed by atoms with van der Waals surface area (Å²) in [5, 5.41) is 9.11. The van der Waals surface area contributed by atoms with E-state index in [0.29, 0.717) is 38.9 Å². The van der Waals surface area contributed by atoms with Crippen LogP contribution in [0.25, 0.3) is 17.1 Å². The summed E-state index contributed by atoms with van der Waals surface area (Å²) in [4.78, 5) is 17.2. The summed E-state index contributed by atoms with van der Waals surface area (Å²) >= 11 is 5.11. The van der Waals surface area contributed by atoms with E-state index in [1.165, 1.54) is 11.8 Å². The Kier molecular flexibility index (Phi) is 7.33. The molecule has 0 N–H and O–H groups in total. The Bertz CT molecular complexity index is 1200. The Morgan fingerprint density at radius 1 is 1.03 bits per heavy atom. The number of hydrogen-bond donors (Lipinski definition) is 0. The van der Waals surface area contributed by atoms with Gasteiger partial charge in [0.05, 0.1) is 5.75 Å². The average Bonchev–Trinajstić information content (AvgIpc) is 3.22. The van der Waals surface area contributed by atoms with E-state index in [4.69, 9.17) is 0 Å². The summed E-state index contributed by atoms with van der Waals surface area (Å²) in [7, 11) is 0. The zero-order chi connectivity index (χ0) is 22.5. The monoisotopic (exact) mass is 532 g/mol. The number of carbonyl (C=O) groups excluding carboxylic acids is 1. The van der Waals surface area contributed by atoms with Crippen LogP contribution in [-0.4, -0.2) is 37.0 Å². The second-order valence-corrected chi connectivity index (χ2v) is 9.40. The number of aromatic nitrogens is 4. The zero-order valence-corrected chi connectivity index (χ0v) is 19.6. The Hall–Kier alpha value is -2.56. The van der Waals surface area contributed by atoms with Gasteiger partial charge in [-0.1, -0.05) is 51.6 Å². The van der Waals surface area contributed by atoms with Gasteiger partial charge in [-0.3, -0.25) is 14.3 Å². The SMILES string of the molecule is O=C(CSc1nnc(-c2cccnc2)n1-c1ccc(SC(F)F)cc1)c1ccc(Br)cc1. The molecule has 0 saturated heterocycles. The van der Waals surface area contributed by atoms with Crippen LogP contribution in [0.1, 0.15) is 10.4 Å². The Balaban J connectivity index is 1.64. The zero-order valence-electron chi connectivity index (χ0n) is 16.4. The summed E-state index contributed by atoms with van der Waals surface area (Å²) in [6.07, 6.45) is 3.33. The van der Waals surface area contributed by atoms with Crippen molar-refractivity contribution in [3.8, 4) is 17.1 Å². The highest BCUT2D eigenvalue weighted by Gasteiger charge is 2.18. The van der Waals surface area contributed by atoms with Crippen molar-refractivity contribution in [1.29, 1.82) is 0 Å². The highest BCUT2D eigenvalue weighted by Crippen LogP contribution is 2.30. The number of hydrogen-bond acceptors (Lipinski definition) is 6. The molecule has 0 saturated carbocycles. The van der Waals surface area contributed by atoms with Gasteiger partial charge in [0, 0.05) is 38.6 Å². The van der Waals surface area contributed by atoms with Crippen molar-refractivity contribution < 1.29 is 13.6 Å². The first-order chi connectivity index (χ1) is 15.5. The first-order valence-corrected chi connectivity index (χ1v) is 12.0. The predicted molar refractivity (Wildman–Crippen MR) is 126 cm³/mol. The van der Waals surface area contributed by atoms with Crippen molar-refractivity contribution in [2.24, 2.45) is 0 Å². The molecular formula is C22H15BrF2N4OS2. The standard InChI is InChI=1S/C22H15BrF2N4OS2/c23-16-5-3-14(4-6-16)19(30)13-31-22-28-27-20(15-2-1-11-26-12-15)29(22)17-7-9-18(10-8-17)32-21(24)25/h1-12,21H,13H2. The van der Waals surface area contributed by atoms with E-state index in [2.05, 4.69) is 31.1 Å². The lowest BCUT2D eigenvalue weighted by atomic mass is 10.2. The number of thioether (sulfide) groups is 2. The third kappa shape index (κ3) is 5.43. The van der Waals surface area contributed by atoms with Crippen LogP contribution in [0.4, 0.5) is 8.78 Å². The Morgan fingerprint density at radius 3 is 2.44 bits per heavy atom. The third-order valence-corrected chi connectivity index (χ3v) is 6.55. The van der Waals surface area contributed by atoms with Crippen molar-refractivity contribution >= 4 is 45.2 Å². The molecule has 2 heterocycles. The van der Waals surface area contributed by atoms with E-state index in [1.807, 2.05) is 18.2 Å². The summed E-state index contributed by atoms with van der Waals surface area (Å²) in [6.45, 7) is 0. The highest BCUT2D eigenvalue weighted by atomic mass is 79.9. The minimum Gasteiger partial charge on any atom is -0.293 e. The molecule has 0 aliphatic heterocycles. The Labute approximate surface area is 199 Å². The molecule has 0 aliphatic rings. The maximum absolute atomic E-state index is 12.7. The minimum absolute atomic E-state index is 0.0383. The molecule has 0 amide bonds. The van der Waals surface area contributed by atoms with Gasteiger partial charge in [-0.05, 0) is 48.5 Å². The van der Waals surface area contributed by atoms with Crippen LogP contribution in [0.2, 0.25) is 0 Å². The minimum atomic E-state index is -2.49. The molecule has 0 radical (unpaired) electrons. The summed E-state index contributed by atoms with van der Waals surface area (Å²) < 4.78 is 28.0. The summed E-state index contributed by atoms with van der Waals surface area (Å²) in [5.41, 5.74) is 2.05. The molecule has 0 aliphatic carbocycles. The van der Waals surface area contributed by atoms with Crippen LogP contribution in [-0.2, 0) is 0 Å². The normalized spacial score (nSPS) is 11.1. The molecular weight excluding hydrogens is 518 g/mol. The lowest BCUT2D eigenvalue weighted by Crippen LogP contribution is -2.05. The fraction of sp³-hybridized carbons (Fsp3) is 0.0909. The van der Waals surface area contributed by atoms with E-state index < -0.39 is 5.76 Å². The fourth-order valence-electron chi connectivity index (χ4n) is 2.90. The molecule has 4 aromatic rings. The van der Waals surface area contributed by atoms with Gasteiger partial charge < -0.3 is 0 Å². The number of nitrogens with zero attached hydrogens (tertiary/aromatic N) is 4. The number of benzene rings is 2. The lowest BCUT2D eigenvalue weighted by molar-refractivity contribution is 0.102. The van der Waals surface area contributed by atoms with Gasteiger partial charge >= 0.3 is 0 Å². The molecule has 2 aromatic carbocycles. The number of pyridine rings is 1. The van der Waals surface area contributed by atoms with Gasteiger partial charge in [0.2, 0.25) is 0 Å². The van der Waals surface area contributed by atoms with Crippen LogP contribution in [0.5, 0.6) is 0 Å². The highest BCUT2D eigenvalue weighted by molar-refractivity contribution is 9.10. The molecule has 0 bridgehead atoms. The number of alkyl halides is 2. The molecule has 0 atom stereocenters. The molecule has 32 heavy (non-hydrogen) atoms. The van der Waals surface area contributed by atoms with Gasteiger partial charge in [-0.2, -0.15) is 8.78 Å². The van der Waals surface area contributed by atoms with Crippen LogP contribution >= 0.6 is 39.5 Å². The predicted octanol–water partition coefficient (Wildman–Crippen LogP) is 6.38. The van der Waals surface area contributed by atoms with Crippen molar-refractivity contribution in [2.75, 3.05) is 5.75 Å². The number of Topliss-reactive ketones (excluding diaryl/α,β-unsaturated/α-hetero) is 1. The molecule has 2 aromatic heterocycles. The van der Waals surface area contributed by atoms with E-state index in [1.54, 1.807) is 59.4 Å². The van der Waals surface area contributed by atoms with Crippen LogP contribution in [0.15, 0.2) is 87.6 Å². The van der Waals surface area contributed by atoms with E-state index >= 15 is 0 Å². The van der Waals surface area contributed by atoms with Gasteiger partial charge in [-0.25, -0.2) is 0 Å². The maximum Gasteiger partial charge on any atom is 0.288 e. The van der Waals surface area contributed by atoms with Crippen molar-refractivity contribution in [1.82, 2.24) is 19.7 Å². The summed E-state index contributed by atoms with van der Waals surface area (Å²) in [6, 6.07) is 17.5. The number of carbonyl (C=O) groups is 1. The fourth-order valence-corrected chi connectivity index (χ4v) is 4.51. The van der Waals surface area contributed by atoms with E-state index in [0.717, 1.165) is 10.0 Å². The molecule has 162 valence electrons. The van der Waals surface area contributed by atoms with Crippen LogP contribution < -0.4 is 0 Å². The van der Waals surface area contributed by atoms with Gasteiger partial charge in [0.15, 0.2) is 16.8 Å². The van der Waals surface area contributed by atoms with E-state index in [-0.39, 0.29) is 11.5 Å². The maximum atomic E-state index is 12.7. The molecule has 0 fully saturated rings. The molecule has 0 spiro atoms. The lowest BCUT2D eigenvalue weighted by Gasteiger charge is -2.11. The van der Waals surface area contributed by atoms with Crippen LogP contribution in [0, 0.1) is 0 Å². The smallest absolute Gasteiger partial charge is 0.288 e.